The Morgan fingerprint density at radius 2 is 1.38 bits per heavy atom. The number of phenols is 4. The largest absolute Gasteiger partial charge is 0.504 e. The van der Waals surface area contributed by atoms with E-state index in [0.717, 1.165) is 0 Å². The Kier molecular flexibility index (Phi) is 9.96. The lowest BCUT2D eigenvalue weighted by Crippen LogP contribution is -2.39. The zero-order valence-electron chi connectivity index (χ0n) is 21.2. The van der Waals surface area contributed by atoms with Gasteiger partial charge in [-0.2, -0.15) is 0 Å². The number of unbranched alkanes of at least 4 members (excludes halogenated alkanes) is 1. The van der Waals surface area contributed by atoms with Gasteiger partial charge in [-0.3, -0.25) is 9.59 Å². The minimum Gasteiger partial charge on any atom is -0.504 e. The van der Waals surface area contributed by atoms with Gasteiger partial charge in [-0.25, -0.2) is 4.79 Å². The maximum atomic E-state index is 12.8. The molecule has 11 nitrogen and oxygen atoms in total. The quantitative estimate of drug-likeness (QED) is 0.115. The first-order valence-electron chi connectivity index (χ1n) is 12.1. The molecule has 206 valence electrons. The smallest absolute Gasteiger partial charge is 0.338 e. The van der Waals surface area contributed by atoms with Crippen LogP contribution in [0.3, 0.4) is 0 Å². The molecule has 3 aromatic carbocycles. The molecule has 0 bridgehead atoms. The first kappa shape index (κ1) is 28.6. The summed E-state index contributed by atoms with van der Waals surface area (Å²) in [6, 6.07) is 13.8. The zero-order chi connectivity index (χ0) is 28.4. The fourth-order valence-electron chi connectivity index (χ4n) is 3.69. The zero-order valence-corrected chi connectivity index (χ0v) is 21.2. The van der Waals surface area contributed by atoms with Gasteiger partial charge in [-0.15, -0.1) is 0 Å². The van der Waals surface area contributed by atoms with E-state index in [4.69, 9.17) is 9.47 Å². The number of carbonyl (C=O) groups excluding carboxylic acids is 3. The molecule has 0 heterocycles. The van der Waals surface area contributed by atoms with Crippen molar-refractivity contribution in [2.45, 2.75) is 25.3 Å². The van der Waals surface area contributed by atoms with Crippen molar-refractivity contribution < 1.29 is 44.3 Å². The molecule has 0 aromatic heterocycles. The maximum absolute atomic E-state index is 12.8. The summed E-state index contributed by atoms with van der Waals surface area (Å²) in [5, 5.41) is 44.5. The van der Waals surface area contributed by atoms with E-state index >= 15 is 0 Å². The molecule has 11 heteroatoms. The monoisotopic (exact) mass is 538 g/mol. The number of benzene rings is 3. The van der Waals surface area contributed by atoms with Crippen molar-refractivity contribution in [2.75, 3.05) is 20.3 Å². The third kappa shape index (κ3) is 7.78. The van der Waals surface area contributed by atoms with E-state index in [0.29, 0.717) is 30.6 Å². The lowest BCUT2D eigenvalue weighted by molar-refractivity contribution is 0.0450. The summed E-state index contributed by atoms with van der Waals surface area (Å²) >= 11 is 0. The highest BCUT2D eigenvalue weighted by Gasteiger charge is 2.20. The van der Waals surface area contributed by atoms with E-state index < -0.39 is 46.8 Å². The van der Waals surface area contributed by atoms with Crippen LogP contribution in [0.5, 0.6) is 28.7 Å². The number of hydrogen-bond acceptors (Lipinski definition) is 9. The topological polar surface area (TPSA) is 175 Å². The van der Waals surface area contributed by atoms with Crippen molar-refractivity contribution >= 4 is 17.8 Å². The summed E-state index contributed by atoms with van der Waals surface area (Å²) in [4.78, 5) is 37.6. The average molecular weight is 539 g/mol. The first-order valence-corrected chi connectivity index (χ1v) is 12.1. The number of methoxy groups -OCH3 is 1. The molecule has 0 aliphatic carbocycles. The number of esters is 1. The van der Waals surface area contributed by atoms with Crippen LogP contribution in [0.25, 0.3) is 0 Å². The van der Waals surface area contributed by atoms with Crippen LogP contribution in [0.4, 0.5) is 0 Å². The van der Waals surface area contributed by atoms with Crippen LogP contribution in [0.2, 0.25) is 0 Å². The number of aromatic hydroxyl groups is 4. The highest BCUT2D eigenvalue weighted by atomic mass is 16.5. The first-order chi connectivity index (χ1) is 18.7. The molecule has 0 saturated carbocycles. The molecule has 0 spiro atoms. The molecular formula is C28H30N2O9. The van der Waals surface area contributed by atoms with Gasteiger partial charge >= 0.3 is 5.97 Å². The van der Waals surface area contributed by atoms with E-state index in [9.17, 15) is 34.8 Å². The van der Waals surface area contributed by atoms with Gasteiger partial charge in [0, 0.05) is 6.54 Å². The fraction of sp³-hybridized carbons (Fsp3) is 0.250. The van der Waals surface area contributed by atoms with Gasteiger partial charge in [-0.1, -0.05) is 12.1 Å². The van der Waals surface area contributed by atoms with Gasteiger partial charge in [0.1, 0.15) is 12.4 Å². The van der Waals surface area contributed by atoms with Crippen LogP contribution in [0, 0.1) is 0 Å². The average Bonchev–Trinajstić information content (AvgIpc) is 2.93. The second-order valence-electron chi connectivity index (χ2n) is 8.60. The van der Waals surface area contributed by atoms with E-state index in [1.54, 1.807) is 24.3 Å². The van der Waals surface area contributed by atoms with Gasteiger partial charge in [-0.05, 0) is 67.8 Å². The molecule has 2 amide bonds. The number of ether oxygens (including phenoxy) is 2. The van der Waals surface area contributed by atoms with Crippen LogP contribution in [-0.2, 0) is 4.74 Å². The Hall–Kier alpha value is -4.93. The Bertz CT molecular complexity index is 1310. The lowest BCUT2D eigenvalue weighted by atomic mass is 10.1. The Labute approximate surface area is 224 Å². The number of amides is 2. The van der Waals surface area contributed by atoms with Crippen LogP contribution >= 0.6 is 0 Å². The molecular weight excluding hydrogens is 508 g/mol. The van der Waals surface area contributed by atoms with Crippen molar-refractivity contribution in [3.63, 3.8) is 0 Å². The summed E-state index contributed by atoms with van der Waals surface area (Å²) in [7, 11) is 1.51. The highest BCUT2D eigenvalue weighted by Crippen LogP contribution is 2.29. The van der Waals surface area contributed by atoms with E-state index in [1.807, 2.05) is 0 Å². The molecule has 0 fully saturated rings. The normalized spacial score (nSPS) is 11.3. The van der Waals surface area contributed by atoms with Crippen molar-refractivity contribution in [3.8, 4) is 28.7 Å². The molecule has 0 aliphatic heterocycles. The van der Waals surface area contributed by atoms with Gasteiger partial charge in [0.25, 0.3) is 11.8 Å². The SMILES string of the molecule is COc1ccc(C(=O)OCC(CCCCNC(=O)c2cccc(O)c2O)NC(=O)c2cccc(O)c2O)cc1. The van der Waals surface area contributed by atoms with Crippen molar-refractivity contribution in [1.29, 1.82) is 0 Å². The van der Waals surface area contributed by atoms with Crippen LogP contribution < -0.4 is 15.4 Å². The Balaban J connectivity index is 1.58. The summed E-state index contributed by atoms with van der Waals surface area (Å²) in [6.45, 7) is 0.0767. The van der Waals surface area contributed by atoms with Crippen molar-refractivity contribution in [1.82, 2.24) is 10.6 Å². The number of nitrogens with one attached hydrogen (secondary N) is 2. The second-order valence-corrected chi connectivity index (χ2v) is 8.60. The molecule has 1 atom stereocenters. The number of carbonyl (C=O) groups is 3. The third-order valence-corrected chi connectivity index (χ3v) is 5.86. The van der Waals surface area contributed by atoms with Crippen molar-refractivity contribution in [3.05, 3.63) is 77.4 Å². The minimum atomic E-state index is -0.665. The highest BCUT2D eigenvalue weighted by molar-refractivity contribution is 5.98. The number of para-hydroxylation sites is 2. The van der Waals surface area contributed by atoms with Crippen LogP contribution in [0.15, 0.2) is 60.7 Å². The van der Waals surface area contributed by atoms with Crippen LogP contribution in [-0.4, -0.2) is 64.5 Å². The Morgan fingerprint density at radius 3 is 1.97 bits per heavy atom. The molecule has 0 aliphatic rings. The second kappa shape index (κ2) is 13.6. The molecule has 39 heavy (non-hydrogen) atoms. The summed E-state index contributed by atoms with van der Waals surface area (Å²) in [6.07, 6.45) is 1.35. The van der Waals surface area contributed by atoms with E-state index in [-0.39, 0.29) is 24.3 Å². The summed E-state index contributed by atoms with van der Waals surface area (Å²) < 4.78 is 10.5. The predicted molar refractivity (Wildman–Crippen MR) is 140 cm³/mol. The maximum Gasteiger partial charge on any atom is 0.338 e. The van der Waals surface area contributed by atoms with Crippen LogP contribution in [0.1, 0.15) is 50.3 Å². The predicted octanol–water partition coefficient (Wildman–Crippen LogP) is 3.07. The molecule has 0 saturated heterocycles. The Morgan fingerprint density at radius 1 is 0.795 bits per heavy atom. The molecule has 6 N–H and O–H groups in total. The fourth-order valence-corrected chi connectivity index (χ4v) is 3.69. The number of phenolic OH excluding ortho intramolecular Hbond substituents is 4. The van der Waals surface area contributed by atoms with Gasteiger partial charge in [0.2, 0.25) is 0 Å². The minimum absolute atomic E-state index is 0.0588. The van der Waals surface area contributed by atoms with Gasteiger partial charge in [0.05, 0.1) is 29.8 Å². The van der Waals surface area contributed by atoms with E-state index in [1.165, 1.54) is 43.5 Å². The molecule has 3 rings (SSSR count). The van der Waals surface area contributed by atoms with E-state index in [2.05, 4.69) is 10.6 Å². The number of rotatable bonds is 12. The van der Waals surface area contributed by atoms with Crippen molar-refractivity contribution in [2.24, 2.45) is 0 Å². The molecule has 3 aromatic rings. The third-order valence-electron chi connectivity index (χ3n) is 5.86. The lowest BCUT2D eigenvalue weighted by Gasteiger charge is -2.19. The summed E-state index contributed by atoms with van der Waals surface area (Å²) in [5.41, 5.74) is 0.0978. The standard InChI is InChI=1S/C28H30N2O9/c1-38-19-13-11-17(12-14-19)28(37)39-16-18(30-27(36)21-8-5-10-23(32)25(21)34)6-2-3-15-29-26(35)20-7-4-9-22(31)24(20)33/h4-5,7-14,18,31-34H,2-3,6,15-16H2,1H3,(H,29,35)(H,30,36). The van der Waals surface area contributed by atoms with Gasteiger partial charge < -0.3 is 40.5 Å². The molecule has 0 radical (unpaired) electrons. The number of hydrogen-bond donors (Lipinski definition) is 6. The van der Waals surface area contributed by atoms with Gasteiger partial charge in [0.15, 0.2) is 23.0 Å². The molecule has 1 unspecified atom stereocenters. The summed E-state index contributed by atoms with van der Waals surface area (Å²) in [5.74, 6) is -3.16.